The van der Waals surface area contributed by atoms with Crippen LogP contribution < -0.4 is 4.74 Å². The predicted octanol–water partition coefficient (Wildman–Crippen LogP) is 2.95. The highest BCUT2D eigenvalue weighted by atomic mass is 16.5. The van der Waals surface area contributed by atoms with Crippen molar-refractivity contribution < 1.29 is 14.9 Å². The van der Waals surface area contributed by atoms with E-state index in [1.54, 1.807) is 18.2 Å². The minimum Gasteiger partial charge on any atom is -0.507 e. The molecule has 98 valence electrons. The summed E-state index contributed by atoms with van der Waals surface area (Å²) in [4.78, 5) is 0. The number of aliphatic hydroxyl groups is 1. The molecule has 0 amide bonds. The van der Waals surface area contributed by atoms with E-state index in [-0.39, 0.29) is 5.75 Å². The molecule has 0 aromatic heterocycles. The first-order chi connectivity index (χ1) is 9.17. The molecule has 3 heteroatoms. The molecular weight excluding hydrogens is 240 g/mol. The summed E-state index contributed by atoms with van der Waals surface area (Å²) in [6.45, 7) is 0.462. The molecule has 0 aliphatic heterocycles. The Labute approximate surface area is 112 Å². The molecule has 0 saturated heterocycles. The van der Waals surface area contributed by atoms with Gasteiger partial charge < -0.3 is 14.9 Å². The first kappa shape index (κ1) is 12.1. The third-order valence-corrected chi connectivity index (χ3v) is 3.44. The summed E-state index contributed by atoms with van der Waals surface area (Å²) in [6.07, 6.45) is 1.43. The molecule has 3 rings (SSSR count). The summed E-state index contributed by atoms with van der Waals surface area (Å²) < 4.78 is 5.62. The number of benzene rings is 2. The zero-order chi connectivity index (χ0) is 13.3. The lowest BCUT2D eigenvalue weighted by Gasteiger charge is -2.12. The van der Waals surface area contributed by atoms with Gasteiger partial charge in [-0.05, 0) is 30.5 Å². The molecular formula is C16H16O3. The van der Waals surface area contributed by atoms with E-state index < -0.39 is 5.60 Å². The number of phenols is 1. The molecule has 2 N–H and O–H groups in total. The van der Waals surface area contributed by atoms with E-state index in [1.807, 2.05) is 30.3 Å². The second kappa shape index (κ2) is 4.59. The first-order valence-electron chi connectivity index (χ1n) is 6.40. The van der Waals surface area contributed by atoms with Gasteiger partial charge in [0.2, 0.25) is 0 Å². The average molecular weight is 256 g/mol. The number of ether oxygens (including phenoxy) is 1. The van der Waals surface area contributed by atoms with Crippen molar-refractivity contribution in [2.45, 2.75) is 25.0 Å². The molecule has 2 aromatic carbocycles. The van der Waals surface area contributed by atoms with Gasteiger partial charge >= 0.3 is 0 Å². The van der Waals surface area contributed by atoms with Crippen LogP contribution in [0.5, 0.6) is 11.5 Å². The van der Waals surface area contributed by atoms with Gasteiger partial charge in [-0.2, -0.15) is 0 Å². The molecule has 3 nitrogen and oxygen atoms in total. The monoisotopic (exact) mass is 256 g/mol. The lowest BCUT2D eigenvalue weighted by molar-refractivity contribution is 0.147. The smallest absolute Gasteiger partial charge is 0.125 e. The number of rotatable bonds is 4. The Hall–Kier alpha value is -2.00. The van der Waals surface area contributed by atoms with Crippen LogP contribution in [-0.4, -0.2) is 10.2 Å². The van der Waals surface area contributed by atoms with Crippen LogP contribution in [-0.2, 0) is 12.2 Å². The van der Waals surface area contributed by atoms with Gasteiger partial charge in [0.1, 0.15) is 18.1 Å². The topological polar surface area (TPSA) is 49.7 Å². The van der Waals surface area contributed by atoms with Gasteiger partial charge in [0, 0.05) is 11.6 Å². The molecule has 0 heterocycles. The number of hydrogen-bond acceptors (Lipinski definition) is 3. The second-order valence-corrected chi connectivity index (χ2v) is 4.98. The Morgan fingerprint density at radius 3 is 2.42 bits per heavy atom. The van der Waals surface area contributed by atoms with E-state index in [0.717, 1.165) is 5.56 Å². The fourth-order valence-corrected chi connectivity index (χ4v) is 2.12. The zero-order valence-electron chi connectivity index (χ0n) is 10.5. The van der Waals surface area contributed by atoms with Crippen molar-refractivity contribution in [3.8, 4) is 11.5 Å². The van der Waals surface area contributed by atoms with Gasteiger partial charge in [0.05, 0.1) is 5.60 Å². The van der Waals surface area contributed by atoms with Gasteiger partial charge in [-0.15, -0.1) is 0 Å². The number of phenolic OH excluding ortho intramolecular Hbond substituents is 1. The van der Waals surface area contributed by atoms with Crippen LogP contribution in [0.4, 0.5) is 0 Å². The van der Waals surface area contributed by atoms with Crippen LogP contribution >= 0.6 is 0 Å². The molecule has 0 spiro atoms. The summed E-state index contributed by atoms with van der Waals surface area (Å²) in [5.41, 5.74) is 0.855. The van der Waals surface area contributed by atoms with E-state index in [2.05, 4.69) is 0 Å². The van der Waals surface area contributed by atoms with Crippen molar-refractivity contribution in [2.24, 2.45) is 0 Å². The highest BCUT2D eigenvalue weighted by Crippen LogP contribution is 2.49. The minimum atomic E-state index is -0.817. The quantitative estimate of drug-likeness (QED) is 0.884. The molecule has 1 aliphatic carbocycles. The van der Waals surface area contributed by atoms with Crippen LogP contribution in [0.1, 0.15) is 24.0 Å². The van der Waals surface area contributed by atoms with Crippen LogP contribution in [0, 0.1) is 0 Å². The third kappa shape index (κ3) is 2.56. The number of aromatic hydroxyl groups is 1. The highest BCUT2D eigenvalue weighted by molar-refractivity contribution is 5.45. The van der Waals surface area contributed by atoms with E-state index in [9.17, 15) is 10.2 Å². The SMILES string of the molecule is Oc1cc(OCc2ccccc2)ccc1C1(O)CC1. The fraction of sp³-hybridized carbons (Fsp3) is 0.250. The van der Waals surface area contributed by atoms with E-state index >= 15 is 0 Å². The van der Waals surface area contributed by atoms with Crippen LogP contribution in [0.2, 0.25) is 0 Å². The van der Waals surface area contributed by atoms with Crippen molar-refractivity contribution in [2.75, 3.05) is 0 Å². The van der Waals surface area contributed by atoms with Crippen LogP contribution in [0.3, 0.4) is 0 Å². The van der Waals surface area contributed by atoms with Gasteiger partial charge in [0.15, 0.2) is 0 Å². The molecule has 0 bridgehead atoms. The second-order valence-electron chi connectivity index (χ2n) is 4.98. The average Bonchev–Trinajstić information content (AvgIpc) is 3.16. The van der Waals surface area contributed by atoms with Crippen molar-refractivity contribution in [1.82, 2.24) is 0 Å². The lowest BCUT2D eigenvalue weighted by atomic mass is 10.1. The van der Waals surface area contributed by atoms with E-state index in [1.165, 1.54) is 0 Å². The van der Waals surface area contributed by atoms with E-state index in [0.29, 0.717) is 30.8 Å². The Kier molecular flexibility index (Phi) is 2.91. The zero-order valence-corrected chi connectivity index (χ0v) is 10.5. The molecule has 0 atom stereocenters. The fourth-order valence-electron chi connectivity index (χ4n) is 2.12. The van der Waals surface area contributed by atoms with E-state index in [4.69, 9.17) is 4.74 Å². The summed E-state index contributed by atoms with van der Waals surface area (Å²) in [7, 11) is 0. The molecule has 1 aliphatic rings. The Morgan fingerprint density at radius 2 is 1.79 bits per heavy atom. The lowest BCUT2D eigenvalue weighted by Crippen LogP contribution is -2.04. The Balaban J connectivity index is 1.71. The summed E-state index contributed by atoms with van der Waals surface area (Å²) in [6, 6.07) is 14.9. The van der Waals surface area contributed by atoms with Crippen molar-refractivity contribution in [3.63, 3.8) is 0 Å². The standard InChI is InChI=1S/C16H16O3/c17-15-10-13(6-7-14(15)16(18)8-9-16)19-11-12-4-2-1-3-5-12/h1-7,10,17-18H,8-9,11H2. The molecule has 1 fully saturated rings. The third-order valence-electron chi connectivity index (χ3n) is 3.44. The van der Waals surface area contributed by atoms with Crippen molar-refractivity contribution in [1.29, 1.82) is 0 Å². The van der Waals surface area contributed by atoms with Crippen molar-refractivity contribution >= 4 is 0 Å². The molecule has 0 radical (unpaired) electrons. The maximum Gasteiger partial charge on any atom is 0.125 e. The maximum atomic E-state index is 9.98. The summed E-state index contributed by atoms with van der Waals surface area (Å²) in [5, 5.41) is 19.9. The highest BCUT2D eigenvalue weighted by Gasteiger charge is 2.44. The molecule has 0 unspecified atom stereocenters. The summed E-state index contributed by atoms with van der Waals surface area (Å²) in [5.74, 6) is 0.708. The Bertz CT molecular complexity index is 574. The van der Waals surface area contributed by atoms with Gasteiger partial charge in [0.25, 0.3) is 0 Å². The van der Waals surface area contributed by atoms with Gasteiger partial charge in [-0.3, -0.25) is 0 Å². The van der Waals surface area contributed by atoms with Crippen LogP contribution in [0.25, 0.3) is 0 Å². The molecule has 2 aromatic rings. The summed E-state index contributed by atoms with van der Waals surface area (Å²) >= 11 is 0. The van der Waals surface area contributed by atoms with Gasteiger partial charge in [-0.1, -0.05) is 30.3 Å². The minimum absolute atomic E-state index is 0.102. The largest absolute Gasteiger partial charge is 0.507 e. The normalized spacial score (nSPS) is 16.1. The molecule has 19 heavy (non-hydrogen) atoms. The molecule has 1 saturated carbocycles. The predicted molar refractivity (Wildman–Crippen MR) is 72.0 cm³/mol. The maximum absolute atomic E-state index is 9.98. The van der Waals surface area contributed by atoms with Crippen molar-refractivity contribution in [3.05, 3.63) is 59.7 Å². The Morgan fingerprint density at radius 1 is 1.05 bits per heavy atom. The number of hydrogen-bond donors (Lipinski definition) is 2. The first-order valence-corrected chi connectivity index (χ1v) is 6.40. The van der Waals surface area contributed by atoms with Crippen LogP contribution in [0.15, 0.2) is 48.5 Å². The van der Waals surface area contributed by atoms with Gasteiger partial charge in [-0.25, -0.2) is 0 Å².